The molecule has 8 nitrogen and oxygen atoms in total. The summed E-state index contributed by atoms with van der Waals surface area (Å²) >= 11 is 0. The van der Waals surface area contributed by atoms with Gasteiger partial charge >= 0.3 is 17.9 Å². The third kappa shape index (κ3) is 4.17. The lowest BCUT2D eigenvalue weighted by molar-refractivity contribution is -0.289. The summed E-state index contributed by atoms with van der Waals surface area (Å²) in [4.78, 5) is 33.1. The molecule has 1 heterocycles. The van der Waals surface area contributed by atoms with Crippen molar-refractivity contribution in [1.29, 1.82) is 0 Å². The monoisotopic (exact) mass is 290 g/mol. The van der Waals surface area contributed by atoms with E-state index in [1.807, 2.05) is 0 Å². The molecular formula is C12H18O8. The molecule has 0 amide bonds. The van der Waals surface area contributed by atoms with Gasteiger partial charge in [0.05, 0.1) is 6.10 Å². The maximum Gasteiger partial charge on any atom is 0.305 e. The van der Waals surface area contributed by atoms with Crippen LogP contribution in [0.25, 0.3) is 0 Å². The minimum absolute atomic E-state index is 0.610. The molecule has 5 atom stereocenters. The molecule has 114 valence electrons. The summed E-state index contributed by atoms with van der Waals surface area (Å²) in [5.41, 5.74) is 0. The van der Waals surface area contributed by atoms with Gasteiger partial charge in [-0.2, -0.15) is 0 Å². The Labute approximate surface area is 115 Å². The first kappa shape index (κ1) is 16.4. The third-order valence-electron chi connectivity index (χ3n) is 2.64. The van der Waals surface area contributed by atoms with Gasteiger partial charge in [0.2, 0.25) is 6.29 Å². The topological polar surface area (TPSA) is 108 Å². The highest BCUT2D eigenvalue weighted by Gasteiger charge is 2.49. The fourth-order valence-electron chi connectivity index (χ4n) is 1.93. The summed E-state index contributed by atoms with van der Waals surface area (Å²) in [7, 11) is 0. The Morgan fingerprint density at radius 3 is 1.80 bits per heavy atom. The quantitative estimate of drug-likeness (QED) is 0.548. The van der Waals surface area contributed by atoms with Crippen LogP contribution >= 0.6 is 0 Å². The second-order valence-corrected chi connectivity index (χ2v) is 4.46. The first-order valence-electron chi connectivity index (χ1n) is 6.07. The zero-order chi connectivity index (χ0) is 15.4. The normalized spacial score (nSPS) is 33.1. The van der Waals surface area contributed by atoms with Gasteiger partial charge in [-0.25, -0.2) is 0 Å². The maximum atomic E-state index is 11.1. The Kier molecular flexibility index (Phi) is 5.46. The van der Waals surface area contributed by atoms with Crippen molar-refractivity contribution in [3.05, 3.63) is 0 Å². The molecule has 0 aromatic heterocycles. The Morgan fingerprint density at radius 2 is 1.35 bits per heavy atom. The molecule has 0 saturated carbocycles. The van der Waals surface area contributed by atoms with Crippen molar-refractivity contribution < 1.29 is 38.4 Å². The molecule has 0 aliphatic carbocycles. The van der Waals surface area contributed by atoms with Crippen LogP contribution in [-0.4, -0.2) is 53.7 Å². The summed E-state index contributed by atoms with van der Waals surface area (Å²) in [5.74, 6) is -1.93. The SMILES string of the molecule is CC(=O)OC1O[C@@H](C)[C@H](OC(C)=O)[C@@H](OC(C)=O)[C@@H]1O. The van der Waals surface area contributed by atoms with Gasteiger partial charge in [-0.1, -0.05) is 0 Å². The molecule has 0 bridgehead atoms. The molecule has 1 unspecified atom stereocenters. The van der Waals surface area contributed by atoms with Crippen LogP contribution in [0.5, 0.6) is 0 Å². The first-order valence-corrected chi connectivity index (χ1v) is 6.07. The van der Waals surface area contributed by atoms with Crippen LogP contribution in [0, 0.1) is 0 Å². The van der Waals surface area contributed by atoms with Gasteiger partial charge in [0, 0.05) is 20.8 Å². The van der Waals surface area contributed by atoms with Gasteiger partial charge in [-0.3, -0.25) is 14.4 Å². The van der Waals surface area contributed by atoms with Crippen molar-refractivity contribution in [2.75, 3.05) is 0 Å². The molecule has 0 aromatic carbocycles. The van der Waals surface area contributed by atoms with Crippen LogP contribution in [0.2, 0.25) is 0 Å². The second-order valence-electron chi connectivity index (χ2n) is 4.46. The van der Waals surface area contributed by atoms with Gasteiger partial charge in [0.15, 0.2) is 18.3 Å². The lowest BCUT2D eigenvalue weighted by Gasteiger charge is -2.41. The first-order chi connectivity index (χ1) is 9.22. The Hall–Kier alpha value is -1.67. The number of hydrogen-bond donors (Lipinski definition) is 1. The van der Waals surface area contributed by atoms with Crippen LogP contribution in [0.4, 0.5) is 0 Å². The van der Waals surface area contributed by atoms with Crippen molar-refractivity contribution in [1.82, 2.24) is 0 Å². The zero-order valence-electron chi connectivity index (χ0n) is 11.7. The molecule has 8 heteroatoms. The van der Waals surface area contributed by atoms with E-state index in [0.29, 0.717) is 0 Å². The highest BCUT2D eigenvalue weighted by atomic mass is 16.7. The molecule has 1 aliphatic rings. The van der Waals surface area contributed by atoms with Crippen molar-refractivity contribution in [2.24, 2.45) is 0 Å². The minimum atomic E-state index is -1.46. The van der Waals surface area contributed by atoms with E-state index in [-0.39, 0.29) is 0 Å². The van der Waals surface area contributed by atoms with Crippen molar-refractivity contribution in [2.45, 2.75) is 58.4 Å². The molecule has 1 N–H and O–H groups in total. The number of aliphatic hydroxyl groups excluding tert-OH is 1. The van der Waals surface area contributed by atoms with E-state index in [9.17, 15) is 19.5 Å². The van der Waals surface area contributed by atoms with Gasteiger partial charge in [-0.05, 0) is 6.92 Å². The summed E-state index contributed by atoms with van der Waals surface area (Å²) in [6.45, 7) is 5.03. The van der Waals surface area contributed by atoms with Gasteiger partial charge in [0.25, 0.3) is 0 Å². The van der Waals surface area contributed by atoms with E-state index in [1.165, 1.54) is 6.92 Å². The highest BCUT2D eigenvalue weighted by Crippen LogP contribution is 2.26. The molecule has 1 saturated heterocycles. The van der Waals surface area contributed by atoms with E-state index >= 15 is 0 Å². The summed E-state index contributed by atoms with van der Waals surface area (Å²) < 4.78 is 20.0. The average Bonchev–Trinajstić information content (AvgIpc) is 2.28. The average molecular weight is 290 g/mol. The van der Waals surface area contributed by atoms with E-state index in [1.54, 1.807) is 6.92 Å². The van der Waals surface area contributed by atoms with E-state index in [2.05, 4.69) is 0 Å². The summed E-state index contributed by atoms with van der Waals surface area (Å²) in [6, 6.07) is 0. The Balaban J connectivity index is 2.93. The van der Waals surface area contributed by atoms with Crippen LogP contribution < -0.4 is 0 Å². The van der Waals surface area contributed by atoms with Gasteiger partial charge < -0.3 is 24.1 Å². The Morgan fingerprint density at radius 1 is 0.900 bits per heavy atom. The molecule has 0 spiro atoms. The summed E-state index contributed by atoms with van der Waals surface area (Å²) in [6.07, 6.45) is -5.64. The predicted molar refractivity (Wildman–Crippen MR) is 63.2 cm³/mol. The largest absolute Gasteiger partial charge is 0.456 e. The van der Waals surface area contributed by atoms with Crippen LogP contribution in [-0.2, 0) is 33.3 Å². The fraction of sp³-hybridized carbons (Fsp3) is 0.750. The third-order valence-corrected chi connectivity index (χ3v) is 2.64. The van der Waals surface area contributed by atoms with Gasteiger partial charge in [0.1, 0.15) is 0 Å². The molecule has 1 aliphatic heterocycles. The molecule has 1 rings (SSSR count). The zero-order valence-corrected chi connectivity index (χ0v) is 11.7. The summed E-state index contributed by atoms with van der Waals surface area (Å²) in [5, 5.41) is 10.1. The van der Waals surface area contributed by atoms with Crippen LogP contribution in [0.3, 0.4) is 0 Å². The van der Waals surface area contributed by atoms with E-state index < -0.39 is 48.6 Å². The number of carbonyl (C=O) groups is 3. The predicted octanol–water partition coefficient (Wildman–Crippen LogP) is -0.481. The number of carbonyl (C=O) groups excluding carboxylic acids is 3. The molecule has 0 radical (unpaired) electrons. The molecule has 0 aromatic rings. The van der Waals surface area contributed by atoms with Crippen molar-refractivity contribution >= 4 is 17.9 Å². The number of hydrogen-bond acceptors (Lipinski definition) is 8. The molecular weight excluding hydrogens is 272 g/mol. The van der Waals surface area contributed by atoms with Crippen molar-refractivity contribution in [3.8, 4) is 0 Å². The van der Waals surface area contributed by atoms with E-state index in [4.69, 9.17) is 18.9 Å². The minimum Gasteiger partial charge on any atom is -0.456 e. The molecule has 1 fully saturated rings. The van der Waals surface area contributed by atoms with Gasteiger partial charge in [-0.15, -0.1) is 0 Å². The smallest absolute Gasteiger partial charge is 0.305 e. The lowest BCUT2D eigenvalue weighted by Crippen LogP contribution is -2.60. The van der Waals surface area contributed by atoms with Crippen molar-refractivity contribution in [3.63, 3.8) is 0 Å². The fourth-order valence-corrected chi connectivity index (χ4v) is 1.93. The van der Waals surface area contributed by atoms with Crippen LogP contribution in [0.15, 0.2) is 0 Å². The number of esters is 3. The number of aliphatic hydroxyl groups is 1. The van der Waals surface area contributed by atoms with E-state index in [0.717, 1.165) is 13.8 Å². The van der Waals surface area contributed by atoms with Crippen LogP contribution in [0.1, 0.15) is 27.7 Å². The standard InChI is InChI=1S/C12H18O8/c1-5-10(18-6(2)13)11(19-7(3)14)9(16)12(17-5)20-8(4)15/h5,9-12,16H,1-4H3/t5-,9-,10-,11-,12?/m0/s1. The molecule has 20 heavy (non-hydrogen) atoms. The number of ether oxygens (including phenoxy) is 4. The number of rotatable bonds is 3. The lowest BCUT2D eigenvalue weighted by atomic mass is 9.99. The Bertz CT molecular complexity index is 393. The highest BCUT2D eigenvalue weighted by molar-refractivity contribution is 5.68. The maximum absolute atomic E-state index is 11.1. The second kappa shape index (κ2) is 6.67.